The van der Waals surface area contributed by atoms with Crippen LogP contribution in [-0.4, -0.2) is 73.5 Å². The number of non-ortho nitro benzene ring substituents is 1. The zero-order valence-corrected chi connectivity index (χ0v) is 24.3. The summed E-state index contributed by atoms with van der Waals surface area (Å²) >= 11 is 0. The van der Waals surface area contributed by atoms with Gasteiger partial charge in [-0.1, -0.05) is 32.9 Å². The molecule has 226 valence electrons. The van der Waals surface area contributed by atoms with E-state index in [-0.39, 0.29) is 35.4 Å². The average molecular weight is 592 g/mol. The number of fused-ring (bicyclic) bond motifs is 3. The van der Waals surface area contributed by atoms with Crippen molar-refractivity contribution in [3.63, 3.8) is 0 Å². The van der Waals surface area contributed by atoms with Gasteiger partial charge in [0.1, 0.15) is 22.8 Å². The molecule has 2 aromatic rings. The van der Waals surface area contributed by atoms with Crippen LogP contribution in [0.3, 0.4) is 0 Å². The van der Waals surface area contributed by atoms with Crippen molar-refractivity contribution in [1.82, 2.24) is 4.90 Å². The molecule has 0 aromatic heterocycles. The van der Waals surface area contributed by atoms with Crippen LogP contribution in [0.2, 0.25) is 0 Å². The molecule has 6 N–H and O–H groups in total. The van der Waals surface area contributed by atoms with E-state index < -0.39 is 68.4 Å². The highest BCUT2D eigenvalue weighted by atomic mass is 16.6. The molecule has 4 atom stereocenters. The molecular weight excluding hydrogens is 558 g/mol. The number of likely N-dealkylation sites (N-methyl/N-ethyl adjacent to an activating group) is 1. The third kappa shape index (κ3) is 4.23. The van der Waals surface area contributed by atoms with Crippen LogP contribution in [0.5, 0.6) is 5.75 Å². The Hall–Kier alpha value is -4.55. The third-order valence-electron chi connectivity index (χ3n) is 8.90. The number of allylic oxidation sites excluding steroid dienone is 1. The van der Waals surface area contributed by atoms with Crippen LogP contribution in [0.4, 0.5) is 5.69 Å². The van der Waals surface area contributed by atoms with Gasteiger partial charge in [0.05, 0.1) is 16.5 Å². The monoisotopic (exact) mass is 591 g/mol. The molecule has 0 spiro atoms. The number of hydrogen-bond donors (Lipinski definition) is 5. The molecule has 0 heterocycles. The number of aliphatic hydroxyl groups is 3. The van der Waals surface area contributed by atoms with Crippen LogP contribution in [0.25, 0.3) is 11.1 Å². The van der Waals surface area contributed by atoms with Crippen molar-refractivity contribution < 1.29 is 39.7 Å². The second kappa shape index (κ2) is 9.75. The van der Waals surface area contributed by atoms with Gasteiger partial charge in [0.2, 0.25) is 5.78 Å². The minimum atomic E-state index is -2.75. The number of rotatable bonds is 4. The van der Waals surface area contributed by atoms with Gasteiger partial charge in [-0.3, -0.25) is 29.4 Å². The van der Waals surface area contributed by atoms with Crippen molar-refractivity contribution >= 4 is 23.2 Å². The van der Waals surface area contributed by atoms with Crippen LogP contribution in [-0.2, 0) is 21.4 Å². The Kier molecular flexibility index (Phi) is 6.78. The van der Waals surface area contributed by atoms with E-state index in [1.165, 1.54) is 23.1 Å². The summed E-state index contributed by atoms with van der Waals surface area (Å²) in [6.07, 6.45) is -0.00747. The number of carbonyl (C=O) groups is 3. The fourth-order valence-corrected chi connectivity index (χ4v) is 6.93. The molecule has 1 amide bonds. The molecule has 0 fully saturated rings. The Morgan fingerprint density at radius 3 is 2.35 bits per heavy atom. The number of aromatic hydroxyl groups is 1. The summed E-state index contributed by atoms with van der Waals surface area (Å²) in [5, 5.41) is 57.4. The molecule has 0 aliphatic heterocycles. The van der Waals surface area contributed by atoms with Crippen molar-refractivity contribution in [2.75, 3.05) is 14.1 Å². The summed E-state index contributed by atoms with van der Waals surface area (Å²) in [6.45, 7) is 5.45. The molecule has 0 unspecified atom stereocenters. The minimum absolute atomic E-state index is 0.0601. The number of hydrogen-bond acceptors (Lipinski definition) is 10. The van der Waals surface area contributed by atoms with Gasteiger partial charge >= 0.3 is 0 Å². The van der Waals surface area contributed by atoms with E-state index in [4.69, 9.17) is 5.73 Å². The summed E-state index contributed by atoms with van der Waals surface area (Å²) in [6, 6.07) is 6.49. The first-order valence-corrected chi connectivity index (χ1v) is 13.7. The predicted octanol–water partition coefficient (Wildman–Crippen LogP) is 2.99. The van der Waals surface area contributed by atoms with Gasteiger partial charge in [0.15, 0.2) is 11.4 Å². The van der Waals surface area contributed by atoms with Crippen molar-refractivity contribution in [3.05, 3.63) is 79.8 Å². The number of carbonyl (C=O) groups excluding carboxylic acids is 3. The molecule has 3 aliphatic carbocycles. The Bertz CT molecular complexity index is 1700. The van der Waals surface area contributed by atoms with E-state index in [0.717, 1.165) is 0 Å². The average Bonchev–Trinajstić information content (AvgIpc) is 2.89. The molecule has 43 heavy (non-hydrogen) atoms. The number of ketones is 2. The van der Waals surface area contributed by atoms with Crippen LogP contribution < -0.4 is 5.73 Å². The largest absolute Gasteiger partial charge is 0.510 e. The number of primary amides is 1. The lowest BCUT2D eigenvalue weighted by Crippen LogP contribution is -2.63. The maximum absolute atomic E-state index is 14.3. The summed E-state index contributed by atoms with van der Waals surface area (Å²) in [5.41, 5.74) is 2.19. The molecule has 12 heteroatoms. The first kappa shape index (κ1) is 29.9. The summed E-state index contributed by atoms with van der Waals surface area (Å²) in [5.74, 6) is -7.31. The van der Waals surface area contributed by atoms with Gasteiger partial charge in [0, 0.05) is 29.2 Å². The first-order valence-electron chi connectivity index (χ1n) is 13.7. The van der Waals surface area contributed by atoms with Crippen molar-refractivity contribution in [2.45, 2.75) is 50.7 Å². The van der Waals surface area contributed by atoms with E-state index in [1.807, 2.05) is 20.8 Å². The molecule has 0 saturated carbocycles. The number of nitrogens with zero attached hydrogens (tertiary/aromatic N) is 2. The number of benzene rings is 2. The summed E-state index contributed by atoms with van der Waals surface area (Å²) in [7, 11) is 3.11. The second-order valence-corrected chi connectivity index (χ2v) is 12.7. The lowest BCUT2D eigenvalue weighted by atomic mass is 9.58. The number of nitro benzene ring substituents is 1. The summed E-state index contributed by atoms with van der Waals surface area (Å²) in [4.78, 5) is 52.5. The van der Waals surface area contributed by atoms with E-state index >= 15 is 0 Å². The number of aliphatic hydroxyl groups excluding tert-OH is 2. The molecule has 0 saturated heterocycles. The second-order valence-electron chi connectivity index (χ2n) is 12.7. The zero-order valence-electron chi connectivity index (χ0n) is 24.3. The maximum Gasteiger partial charge on any atom is 0.270 e. The Balaban J connectivity index is 1.80. The van der Waals surface area contributed by atoms with E-state index in [1.54, 1.807) is 26.2 Å². The Labute approximate surface area is 246 Å². The molecule has 12 nitrogen and oxygen atoms in total. The van der Waals surface area contributed by atoms with Gasteiger partial charge in [0.25, 0.3) is 11.6 Å². The van der Waals surface area contributed by atoms with Gasteiger partial charge in [-0.25, -0.2) is 0 Å². The van der Waals surface area contributed by atoms with Crippen molar-refractivity contribution in [3.8, 4) is 16.9 Å². The summed E-state index contributed by atoms with van der Waals surface area (Å²) < 4.78 is 0. The van der Waals surface area contributed by atoms with Crippen LogP contribution >= 0.6 is 0 Å². The molecule has 3 aliphatic rings. The topological polar surface area (TPSA) is 205 Å². The predicted molar refractivity (Wildman–Crippen MR) is 154 cm³/mol. The van der Waals surface area contributed by atoms with Crippen LogP contribution in [0.15, 0.2) is 53.0 Å². The highest BCUT2D eigenvalue weighted by Gasteiger charge is 2.63. The lowest BCUT2D eigenvalue weighted by molar-refractivity contribution is -0.384. The van der Waals surface area contributed by atoms with Crippen LogP contribution in [0, 0.1) is 22.0 Å². The highest BCUT2D eigenvalue weighted by Crippen LogP contribution is 2.54. The van der Waals surface area contributed by atoms with Crippen LogP contribution in [0.1, 0.15) is 48.7 Å². The van der Waals surface area contributed by atoms with Crippen molar-refractivity contribution in [1.29, 1.82) is 0 Å². The fraction of sp³-hybridized carbons (Fsp3) is 0.387. The third-order valence-corrected chi connectivity index (χ3v) is 8.90. The first-order chi connectivity index (χ1) is 19.9. The molecule has 0 radical (unpaired) electrons. The number of nitro groups is 1. The standard InChI is InChI=1S/C31H33N3O9/c1-30(2,3)19-12-16(13-7-6-8-15(9-13)34(42)43)17-10-14-11-18-23(33(4)5)26(37)22(29(32)40)28(39)31(18,41)27(38)20(14)25(36)21(17)24(19)35/h6-9,12,14,18,23,35,37-38,41H,10-11H2,1-5H3,(H2,32,40)/t14-,18-,23+,31-/m0/s1. The lowest BCUT2D eigenvalue weighted by Gasteiger charge is -2.50. The van der Waals surface area contributed by atoms with Gasteiger partial charge in [-0.2, -0.15) is 0 Å². The smallest absolute Gasteiger partial charge is 0.270 e. The Morgan fingerprint density at radius 2 is 1.79 bits per heavy atom. The SMILES string of the molecule is CN(C)[C@H]1C(O)=C(C(N)=O)C(=O)[C@@]2(O)C(O)=C3C(=O)c4c(O)c(C(C)(C)C)cc(-c5cccc([N+](=O)[O-])c5)c4C[C@H]3C[C@@H]12. The normalized spacial score (nSPS) is 25.4. The fourth-order valence-electron chi connectivity index (χ4n) is 6.93. The van der Waals surface area contributed by atoms with Gasteiger partial charge in [-0.05, 0) is 61.0 Å². The van der Waals surface area contributed by atoms with Crippen molar-refractivity contribution in [2.24, 2.45) is 17.6 Å². The van der Waals surface area contributed by atoms with Gasteiger partial charge in [-0.15, -0.1) is 0 Å². The quantitative estimate of drug-likeness (QED) is 0.200. The van der Waals surface area contributed by atoms with E-state index in [9.17, 15) is 44.9 Å². The number of nitrogens with two attached hydrogens (primary N) is 1. The van der Waals surface area contributed by atoms with E-state index in [0.29, 0.717) is 22.3 Å². The number of amides is 1. The molecule has 0 bridgehead atoms. The number of phenols is 1. The highest BCUT2D eigenvalue weighted by molar-refractivity contribution is 6.25. The zero-order chi connectivity index (χ0) is 31.9. The number of Topliss-reactive ketones (excluding diaryl/α,β-unsaturated/α-hetero) is 2. The molecule has 5 rings (SSSR count). The number of phenolic OH excluding ortho intramolecular Hbond substituents is 1. The molecular formula is C31H33N3O9. The van der Waals surface area contributed by atoms with Gasteiger partial charge < -0.3 is 26.2 Å². The van der Waals surface area contributed by atoms with E-state index in [2.05, 4.69) is 0 Å². The molecule has 2 aromatic carbocycles. The Morgan fingerprint density at radius 1 is 1.14 bits per heavy atom. The minimum Gasteiger partial charge on any atom is -0.510 e. The maximum atomic E-state index is 14.3.